The average Bonchev–Trinajstić information content (AvgIpc) is 2.27. The van der Waals surface area contributed by atoms with E-state index in [2.05, 4.69) is 6.42 Å². The van der Waals surface area contributed by atoms with Gasteiger partial charge in [-0.2, -0.15) is 0 Å². The first-order valence-corrected chi connectivity index (χ1v) is 3.13. The zero-order valence-electron chi connectivity index (χ0n) is 5.33. The zero-order valence-corrected chi connectivity index (χ0v) is 5.33. The van der Waals surface area contributed by atoms with E-state index in [1.165, 1.54) is 0 Å². The van der Waals surface area contributed by atoms with E-state index in [0.29, 0.717) is 0 Å². The molecule has 1 aliphatic rings. The molecule has 1 nitrogen and oxygen atoms in total. The Morgan fingerprint density at radius 2 is 2.00 bits per heavy atom. The van der Waals surface area contributed by atoms with E-state index in [4.69, 9.17) is 5.11 Å². The van der Waals surface area contributed by atoms with Crippen LogP contribution >= 0.6 is 0 Å². The van der Waals surface area contributed by atoms with Crippen LogP contribution in [0.4, 0.5) is 0 Å². The fourth-order valence-corrected chi connectivity index (χ4v) is 1.06. The molecule has 0 saturated heterocycles. The third kappa shape index (κ3) is 0.711. The first-order valence-electron chi connectivity index (χ1n) is 3.13. The molecule has 0 atom stereocenters. The highest BCUT2D eigenvalue weighted by molar-refractivity contribution is 5.66. The van der Waals surface area contributed by atoms with Crippen molar-refractivity contribution in [3.63, 3.8) is 0 Å². The van der Waals surface area contributed by atoms with Crippen LogP contribution in [-0.2, 0) is 0 Å². The molecule has 1 aromatic rings. The number of allylic oxidation sites excluding steroid dienone is 1. The Morgan fingerprint density at radius 1 is 1.20 bits per heavy atom. The van der Waals surface area contributed by atoms with Crippen molar-refractivity contribution in [3.8, 4) is 0 Å². The van der Waals surface area contributed by atoms with E-state index in [0.717, 1.165) is 11.1 Å². The summed E-state index contributed by atoms with van der Waals surface area (Å²) in [5.41, 5.74) is 2.01. The molecule has 1 heteroatoms. The summed E-state index contributed by atoms with van der Waals surface area (Å²) in [4.78, 5) is 0. The number of hydrogen-bond donors (Lipinski definition) is 1. The summed E-state index contributed by atoms with van der Waals surface area (Å²) in [5.74, 6) is 0.223. The largest absolute Gasteiger partial charge is 0.511 e. The first kappa shape index (κ1) is 5.54. The van der Waals surface area contributed by atoms with Crippen LogP contribution < -0.4 is 0 Å². The lowest BCUT2D eigenvalue weighted by atomic mass is 10.1. The minimum Gasteiger partial charge on any atom is -0.511 e. The average molecular weight is 130 g/mol. The Hall–Kier alpha value is -1.24. The van der Waals surface area contributed by atoms with Crippen LogP contribution in [0.25, 0.3) is 6.08 Å². The molecule has 0 unspecified atom stereocenters. The minimum absolute atomic E-state index is 0.223. The first-order chi connectivity index (χ1) is 4.86. The Morgan fingerprint density at radius 3 is 2.80 bits per heavy atom. The monoisotopic (exact) mass is 130 g/mol. The molecule has 0 aromatic heterocycles. The topological polar surface area (TPSA) is 20.2 Å². The molecular formula is C9H6O. The maximum absolute atomic E-state index is 9.00. The number of aliphatic hydroxyl groups excluding tert-OH is 1. The molecule has 0 aliphatic heterocycles. The van der Waals surface area contributed by atoms with Crippen molar-refractivity contribution < 1.29 is 5.11 Å². The van der Waals surface area contributed by atoms with Crippen molar-refractivity contribution in [3.05, 3.63) is 47.6 Å². The number of rotatable bonds is 0. The van der Waals surface area contributed by atoms with Crippen LogP contribution in [0.1, 0.15) is 11.1 Å². The molecule has 2 radical (unpaired) electrons. The molecule has 1 aromatic carbocycles. The van der Waals surface area contributed by atoms with Crippen LogP contribution in [0.15, 0.2) is 30.0 Å². The number of benzene rings is 1. The maximum Gasteiger partial charge on any atom is 0.106 e. The van der Waals surface area contributed by atoms with E-state index in [1.807, 2.05) is 24.3 Å². The summed E-state index contributed by atoms with van der Waals surface area (Å²) in [7, 11) is 0. The maximum atomic E-state index is 9.00. The highest BCUT2D eigenvalue weighted by Gasteiger charge is 2.10. The third-order valence-corrected chi connectivity index (χ3v) is 1.52. The van der Waals surface area contributed by atoms with Crippen LogP contribution in [0.3, 0.4) is 0 Å². The highest BCUT2D eigenvalue weighted by Crippen LogP contribution is 2.23. The second-order valence-corrected chi connectivity index (χ2v) is 2.24. The van der Waals surface area contributed by atoms with Crippen LogP contribution in [0, 0.1) is 6.42 Å². The number of aliphatic hydroxyl groups is 1. The lowest BCUT2D eigenvalue weighted by Crippen LogP contribution is -1.77. The Balaban J connectivity index is 2.54. The summed E-state index contributed by atoms with van der Waals surface area (Å²) in [6.07, 6.45) is 4.52. The van der Waals surface area contributed by atoms with Gasteiger partial charge in [-0.05, 0) is 17.2 Å². The van der Waals surface area contributed by atoms with Gasteiger partial charge in [-0.15, -0.1) is 0 Å². The van der Waals surface area contributed by atoms with Crippen molar-refractivity contribution in [2.24, 2.45) is 0 Å². The van der Waals surface area contributed by atoms with E-state index < -0.39 is 0 Å². The van der Waals surface area contributed by atoms with Gasteiger partial charge in [0, 0.05) is 0 Å². The highest BCUT2D eigenvalue weighted by atomic mass is 16.3. The van der Waals surface area contributed by atoms with Crippen LogP contribution in [0.5, 0.6) is 0 Å². The summed E-state index contributed by atoms with van der Waals surface area (Å²) in [5, 5.41) is 9.00. The van der Waals surface area contributed by atoms with Crippen molar-refractivity contribution in [2.75, 3.05) is 0 Å². The Bertz CT molecular complexity index is 287. The summed E-state index contributed by atoms with van der Waals surface area (Å²) >= 11 is 0. The van der Waals surface area contributed by atoms with E-state index in [1.54, 1.807) is 6.08 Å². The molecule has 1 aliphatic carbocycles. The van der Waals surface area contributed by atoms with Gasteiger partial charge in [0.2, 0.25) is 0 Å². The summed E-state index contributed by atoms with van der Waals surface area (Å²) in [6, 6.07) is 7.74. The Kier molecular flexibility index (Phi) is 1.04. The van der Waals surface area contributed by atoms with Crippen LogP contribution in [0.2, 0.25) is 0 Å². The molecule has 1 N–H and O–H groups in total. The molecule has 48 valence electrons. The van der Waals surface area contributed by atoms with Gasteiger partial charge in [-0.3, -0.25) is 0 Å². The van der Waals surface area contributed by atoms with Crippen LogP contribution in [-0.4, -0.2) is 5.11 Å². The van der Waals surface area contributed by atoms with Gasteiger partial charge < -0.3 is 5.11 Å². The normalized spacial score (nSPS) is 14.6. The van der Waals surface area contributed by atoms with Gasteiger partial charge in [0.05, 0.1) is 6.42 Å². The summed E-state index contributed by atoms with van der Waals surface area (Å²) < 4.78 is 0. The zero-order chi connectivity index (χ0) is 6.97. The molecule has 0 heterocycles. The second-order valence-electron chi connectivity index (χ2n) is 2.24. The number of hydrogen-bond acceptors (Lipinski definition) is 1. The Labute approximate surface area is 59.6 Å². The second kappa shape index (κ2) is 1.87. The van der Waals surface area contributed by atoms with Crippen molar-refractivity contribution in [1.82, 2.24) is 0 Å². The molecule has 0 amide bonds. The quantitative estimate of drug-likeness (QED) is 0.569. The van der Waals surface area contributed by atoms with Gasteiger partial charge in [-0.25, -0.2) is 0 Å². The third-order valence-electron chi connectivity index (χ3n) is 1.52. The van der Waals surface area contributed by atoms with Gasteiger partial charge >= 0.3 is 0 Å². The minimum atomic E-state index is 0.223. The van der Waals surface area contributed by atoms with E-state index in [9.17, 15) is 0 Å². The fourth-order valence-electron chi connectivity index (χ4n) is 1.06. The molecule has 2 rings (SSSR count). The lowest BCUT2D eigenvalue weighted by Gasteiger charge is -1.92. The van der Waals surface area contributed by atoms with Gasteiger partial charge in [0.1, 0.15) is 5.76 Å². The molecule has 10 heavy (non-hydrogen) atoms. The molecule has 0 spiro atoms. The fraction of sp³-hybridized carbons (Fsp3) is 0. The SMILES string of the molecule is OC1=Cc2ccccc2[C]1. The smallest absolute Gasteiger partial charge is 0.106 e. The van der Waals surface area contributed by atoms with Crippen molar-refractivity contribution in [1.29, 1.82) is 0 Å². The van der Waals surface area contributed by atoms with Gasteiger partial charge in [0.25, 0.3) is 0 Å². The van der Waals surface area contributed by atoms with E-state index >= 15 is 0 Å². The van der Waals surface area contributed by atoms with Gasteiger partial charge in [0.15, 0.2) is 0 Å². The van der Waals surface area contributed by atoms with Gasteiger partial charge in [-0.1, -0.05) is 24.3 Å². The predicted molar refractivity (Wildman–Crippen MR) is 39.4 cm³/mol. The molecule has 0 bridgehead atoms. The molecule has 0 fully saturated rings. The van der Waals surface area contributed by atoms with E-state index in [-0.39, 0.29) is 5.76 Å². The molecular weight excluding hydrogens is 124 g/mol. The summed E-state index contributed by atoms with van der Waals surface area (Å²) in [6.45, 7) is 0. The molecule has 0 saturated carbocycles. The number of fused-ring (bicyclic) bond motifs is 1. The van der Waals surface area contributed by atoms with Crippen molar-refractivity contribution >= 4 is 6.08 Å². The predicted octanol–water partition coefficient (Wildman–Crippen LogP) is 2.03. The van der Waals surface area contributed by atoms with Crippen molar-refractivity contribution in [2.45, 2.75) is 0 Å². The lowest BCUT2D eigenvalue weighted by molar-refractivity contribution is 0.431. The standard InChI is InChI=1S/C9H6O/c10-9-5-7-3-1-2-4-8(7)6-9/h1-5,10H.